The second-order valence-corrected chi connectivity index (χ2v) is 15.0. The Balaban J connectivity index is 1.44. The van der Waals surface area contributed by atoms with Crippen molar-refractivity contribution in [3.63, 3.8) is 0 Å². The quantitative estimate of drug-likeness (QED) is 0.237. The number of esters is 1. The lowest BCUT2D eigenvalue weighted by atomic mass is 9.43. The molecule has 1 unspecified atom stereocenters. The van der Waals surface area contributed by atoms with E-state index < -0.39 is 18.7 Å². The van der Waals surface area contributed by atoms with Gasteiger partial charge in [0.25, 0.3) is 0 Å². The van der Waals surface area contributed by atoms with Crippen LogP contribution in [-0.4, -0.2) is 48.3 Å². The van der Waals surface area contributed by atoms with Crippen LogP contribution >= 0.6 is 11.3 Å². The maximum absolute atomic E-state index is 13.7. The molecule has 0 amide bonds. The summed E-state index contributed by atoms with van der Waals surface area (Å²) in [6.07, 6.45) is 2.87. The van der Waals surface area contributed by atoms with E-state index in [1.807, 2.05) is 52.1 Å². The smallest absolute Gasteiger partial charge is 0.461 e. The number of carbonyl (C=O) groups excluding carboxylic acids is 2. The summed E-state index contributed by atoms with van der Waals surface area (Å²) in [5.74, 6) is 0.573. The van der Waals surface area contributed by atoms with Crippen molar-refractivity contribution in [1.29, 1.82) is 0 Å². The standard InChI is InChI=1S/C32H44BNO6S/c1-18(24-17-41-19(2)34-24)25(35)16-22(33-39-27-15-21-14-26(31(21,6)7)32(27,8)40-33)13-20-11-10-12-23(28(20)37-9)29(36)38-30(3,4)5/h10-12,17-18,21-22,26-27H,13-16H2,1-9H3/t18?,21-,22+,26-,27+,32-/m0/s1. The molecule has 4 aliphatic rings. The lowest BCUT2D eigenvalue weighted by Crippen LogP contribution is -2.65. The summed E-state index contributed by atoms with van der Waals surface area (Å²) in [5, 5.41) is 2.91. The van der Waals surface area contributed by atoms with Crippen LogP contribution in [0.3, 0.4) is 0 Å². The number of methoxy groups -OCH3 is 1. The number of hydrogen-bond donors (Lipinski definition) is 0. The van der Waals surface area contributed by atoms with Crippen LogP contribution in [0.2, 0.25) is 5.82 Å². The minimum absolute atomic E-state index is 0.00971. The molecular weight excluding hydrogens is 537 g/mol. The third kappa shape index (κ3) is 5.62. The van der Waals surface area contributed by atoms with Gasteiger partial charge in [0.05, 0.1) is 35.4 Å². The molecular formula is C32H44BNO6S. The van der Waals surface area contributed by atoms with Crippen LogP contribution in [0, 0.1) is 24.2 Å². The zero-order chi connectivity index (χ0) is 29.9. The molecule has 4 fully saturated rings. The van der Waals surface area contributed by atoms with E-state index in [1.54, 1.807) is 24.5 Å². The van der Waals surface area contributed by atoms with Gasteiger partial charge in [-0.1, -0.05) is 26.0 Å². The maximum atomic E-state index is 13.7. The van der Waals surface area contributed by atoms with Gasteiger partial charge >= 0.3 is 13.1 Å². The van der Waals surface area contributed by atoms with Crippen LogP contribution in [0.1, 0.15) is 100 Å². The number of hydrogen-bond acceptors (Lipinski definition) is 8. The van der Waals surface area contributed by atoms with Gasteiger partial charge in [-0.25, -0.2) is 9.78 Å². The van der Waals surface area contributed by atoms with Crippen LogP contribution in [0.15, 0.2) is 23.6 Å². The number of ether oxygens (including phenoxy) is 2. The number of rotatable bonds is 9. The number of ketones is 1. The second-order valence-electron chi connectivity index (χ2n) is 14.0. The van der Waals surface area contributed by atoms with Gasteiger partial charge in [0.2, 0.25) is 0 Å². The Labute approximate surface area is 248 Å². The Morgan fingerprint density at radius 2 is 1.95 bits per heavy atom. The largest absolute Gasteiger partial charge is 0.496 e. The molecule has 9 heteroatoms. The number of Topliss-reactive ketones (excluding diaryl/α,β-unsaturated/α-hetero) is 1. The average molecular weight is 582 g/mol. The SMILES string of the molecule is COc1c(C[C@H](CC(=O)C(C)c2csc(C)n2)B2O[C@@H]3C[C@@H]4C[C@@H](C4(C)C)[C@]3(C)O2)cccc1C(=O)OC(C)(C)C. The van der Waals surface area contributed by atoms with Crippen molar-refractivity contribution in [2.45, 2.75) is 110 Å². The summed E-state index contributed by atoms with van der Waals surface area (Å²) in [6.45, 7) is 16.3. The predicted octanol–water partition coefficient (Wildman–Crippen LogP) is 6.82. The number of benzene rings is 1. The van der Waals surface area contributed by atoms with E-state index in [0.29, 0.717) is 29.6 Å². The van der Waals surface area contributed by atoms with E-state index in [-0.39, 0.29) is 41.1 Å². The summed E-state index contributed by atoms with van der Waals surface area (Å²) < 4.78 is 25.0. The highest BCUT2D eigenvalue weighted by Gasteiger charge is 2.68. The highest BCUT2D eigenvalue weighted by atomic mass is 32.1. The molecule has 3 aliphatic carbocycles. The fraction of sp³-hybridized carbons (Fsp3) is 0.656. The van der Waals surface area contributed by atoms with E-state index in [1.165, 1.54) is 0 Å². The van der Waals surface area contributed by atoms with Gasteiger partial charge in [0.15, 0.2) is 0 Å². The van der Waals surface area contributed by atoms with Crippen LogP contribution in [0.25, 0.3) is 0 Å². The molecule has 41 heavy (non-hydrogen) atoms. The van der Waals surface area contributed by atoms with Crippen molar-refractivity contribution in [1.82, 2.24) is 4.98 Å². The Morgan fingerprint density at radius 3 is 2.56 bits per heavy atom. The number of thiazole rings is 1. The first-order valence-corrected chi connectivity index (χ1v) is 15.7. The first-order chi connectivity index (χ1) is 19.1. The van der Waals surface area contributed by atoms with Crippen molar-refractivity contribution in [2.75, 3.05) is 7.11 Å². The van der Waals surface area contributed by atoms with Gasteiger partial charge in [-0.3, -0.25) is 4.79 Å². The molecule has 7 nitrogen and oxygen atoms in total. The van der Waals surface area contributed by atoms with Gasteiger partial charge in [-0.15, -0.1) is 11.3 Å². The lowest BCUT2D eigenvalue weighted by Gasteiger charge is -2.64. The molecule has 1 aliphatic heterocycles. The predicted molar refractivity (Wildman–Crippen MR) is 161 cm³/mol. The minimum atomic E-state index is -0.636. The first-order valence-electron chi connectivity index (χ1n) is 14.8. The summed E-state index contributed by atoms with van der Waals surface area (Å²) in [4.78, 5) is 31.4. The van der Waals surface area contributed by atoms with E-state index >= 15 is 0 Å². The molecule has 3 saturated carbocycles. The van der Waals surface area contributed by atoms with Crippen molar-refractivity contribution >= 4 is 30.2 Å². The molecule has 2 heterocycles. The number of aryl methyl sites for hydroxylation is 1. The Morgan fingerprint density at radius 1 is 1.22 bits per heavy atom. The molecule has 2 bridgehead atoms. The van der Waals surface area contributed by atoms with Crippen LogP contribution in [-0.2, 0) is 25.3 Å². The average Bonchev–Trinajstić information content (AvgIpc) is 3.48. The Kier molecular flexibility index (Phi) is 7.97. The number of para-hydroxylation sites is 1. The Hall–Kier alpha value is -2.23. The van der Waals surface area contributed by atoms with Crippen molar-refractivity contribution in [3.8, 4) is 5.75 Å². The summed E-state index contributed by atoms with van der Waals surface area (Å²) in [7, 11) is 1.02. The van der Waals surface area contributed by atoms with Gasteiger partial charge in [-0.05, 0) is 89.7 Å². The molecule has 1 saturated heterocycles. The monoisotopic (exact) mass is 581 g/mol. The lowest BCUT2D eigenvalue weighted by molar-refractivity contribution is -0.199. The molecule has 222 valence electrons. The third-order valence-corrected chi connectivity index (χ3v) is 10.6. The van der Waals surface area contributed by atoms with E-state index in [0.717, 1.165) is 29.1 Å². The molecule has 6 rings (SSSR count). The fourth-order valence-electron chi connectivity index (χ4n) is 7.31. The molecule has 0 spiro atoms. The first kappa shape index (κ1) is 30.2. The molecule has 1 aromatic heterocycles. The molecule has 6 atom stereocenters. The topological polar surface area (TPSA) is 84.0 Å². The van der Waals surface area contributed by atoms with Gasteiger partial charge in [0, 0.05) is 17.6 Å². The van der Waals surface area contributed by atoms with Gasteiger partial charge in [-0.2, -0.15) is 0 Å². The van der Waals surface area contributed by atoms with E-state index in [2.05, 4.69) is 25.8 Å². The highest BCUT2D eigenvalue weighted by molar-refractivity contribution is 7.09. The molecule has 2 aromatic rings. The molecule has 0 radical (unpaired) electrons. The zero-order valence-corrected chi connectivity index (χ0v) is 26.7. The minimum Gasteiger partial charge on any atom is -0.496 e. The summed E-state index contributed by atoms with van der Waals surface area (Å²) >= 11 is 1.55. The van der Waals surface area contributed by atoms with Crippen LogP contribution < -0.4 is 4.74 Å². The van der Waals surface area contributed by atoms with E-state index in [9.17, 15) is 9.59 Å². The van der Waals surface area contributed by atoms with Gasteiger partial charge < -0.3 is 18.8 Å². The number of nitrogens with zero attached hydrogens (tertiary/aromatic N) is 1. The fourth-order valence-corrected chi connectivity index (χ4v) is 8.01. The molecule has 1 aromatic carbocycles. The zero-order valence-electron chi connectivity index (χ0n) is 25.9. The normalized spacial score (nSPS) is 27.9. The summed E-state index contributed by atoms with van der Waals surface area (Å²) in [5.41, 5.74) is 1.19. The van der Waals surface area contributed by atoms with Crippen LogP contribution in [0.4, 0.5) is 0 Å². The maximum Gasteiger partial charge on any atom is 0.461 e. The number of aromatic nitrogens is 1. The summed E-state index contributed by atoms with van der Waals surface area (Å²) in [6, 6.07) is 5.50. The Bertz CT molecular complexity index is 1320. The van der Waals surface area contributed by atoms with E-state index in [4.69, 9.17) is 18.8 Å². The number of carbonyl (C=O) groups is 2. The molecule has 0 N–H and O–H groups in total. The highest BCUT2D eigenvalue weighted by Crippen LogP contribution is 2.66. The van der Waals surface area contributed by atoms with Crippen LogP contribution in [0.5, 0.6) is 5.75 Å². The second kappa shape index (κ2) is 10.8. The van der Waals surface area contributed by atoms with Crippen molar-refractivity contribution in [3.05, 3.63) is 45.4 Å². The third-order valence-electron chi connectivity index (χ3n) is 9.78. The van der Waals surface area contributed by atoms with Crippen molar-refractivity contribution < 1.29 is 28.4 Å². The van der Waals surface area contributed by atoms with Gasteiger partial charge in [0.1, 0.15) is 22.7 Å². The van der Waals surface area contributed by atoms with Crippen molar-refractivity contribution in [2.24, 2.45) is 17.3 Å².